The van der Waals surface area contributed by atoms with Gasteiger partial charge in [0.2, 0.25) is 5.88 Å². The van der Waals surface area contributed by atoms with E-state index >= 15 is 0 Å². The van der Waals surface area contributed by atoms with Crippen molar-refractivity contribution in [1.29, 1.82) is 0 Å². The lowest BCUT2D eigenvalue weighted by Crippen LogP contribution is -2.43. The van der Waals surface area contributed by atoms with Gasteiger partial charge < -0.3 is 19.9 Å². The van der Waals surface area contributed by atoms with Crippen LogP contribution in [0.5, 0.6) is 5.88 Å². The van der Waals surface area contributed by atoms with Crippen molar-refractivity contribution < 1.29 is 23.0 Å². The summed E-state index contributed by atoms with van der Waals surface area (Å²) in [5.41, 5.74) is -0.807. The molecule has 1 saturated heterocycles. The number of ether oxygens (including phenoxy) is 2. The number of aliphatic hydroxyl groups excluding tert-OH is 1. The fourth-order valence-electron chi connectivity index (χ4n) is 2.68. The number of nitrogens with zero attached hydrogens (tertiary/aromatic N) is 2. The Hall–Kier alpha value is -1.71. The fraction of sp³-hybridized carbons (Fsp3) is 0.600. The third-order valence-corrected chi connectivity index (χ3v) is 5.37. The van der Waals surface area contributed by atoms with Gasteiger partial charge in [0.1, 0.15) is 5.82 Å². The molecule has 0 saturated carbocycles. The van der Waals surface area contributed by atoms with Gasteiger partial charge >= 0.3 is 0 Å². The van der Waals surface area contributed by atoms with Crippen LogP contribution in [0.15, 0.2) is 21.4 Å². The second kappa shape index (κ2) is 6.66. The van der Waals surface area contributed by atoms with Gasteiger partial charge in [0, 0.05) is 25.5 Å². The average Bonchev–Trinajstić information content (AvgIpc) is 2.64. The second-order valence-electron chi connectivity index (χ2n) is 6.05. The van der Waals surface area contributed by atoms with Crippen LogP contribution in [0.4, 0.5) is 5.82 Å². The number of rotatable bonds is 4. The molecule has 0 aliphatic carbocycles. The van der Waals surface area contributed by atoms with Crippen LogP contribution < -0.4 is 10.1 Å². The van der Waals surface area contributed by atoms with Crippen molar-refractivity contribution in [2.45, 2.75) is 42.7 Å². The van der Waals surface area contributed by atoms with Crippen LogP contribution in [0.1, 0.15) is 26.2 Å². The molecular weight excluding hydrogens is 334 g/mol. The van der Waals surface area contributed by atoms with E-state index in [0.29, 0.717) is 38.3 Å². The molecule has 1 spiro atoms. The topological polar surface area (TPSA) is 110 Å². The van der Waals surface area contributed by atoms with Crippen LogP contribution in [0, 0.1) is 0 Å². The first kappa shape index (κ1) is 17.1. The Labute approximate surface area is 141 Å². The number of hydrogen-bond acceptors (Lipinski definition) is 7. The van der Waals surface area contributed by atoms with Crippen molar-refractivity contribution in [3.05, 3.63) is 12.1 Å². The van der Waals surface area contributed by atoms with E-state index in [-0.39, 0.29) is 23.4 Å². The SMILES string of the molecule is C[C@H](CCO)Nc1ccc2c(n1)OC1(C=NS2(=O)=O)CCOCC1. The number of aromatic nitrogens is 1. The number of nitrogens with one attached hydrogen (secondary N) is 1. The first-order valence-corrected chi connectivity index (χ1v) is 9.35. The molecule has 0 radical (unpaired) electrons. The summed E-state index contributed by atoms with van der Waals surface area (Å²) in [7, 11) is -3.84. The van der Waals surface area contributed by atoms with Crippen molar-refractivity contribution in [1.82, 2.24) is 4.98 Å². The first-order valence-electron chi connectivity index (χ1n) is 7.91. The quantitative estimate of drug-likeness (QED) is 0.828. The van der Waals surface area contributed by atoms with Crippen molar-refractivity contribution in [2.24, 2.45) is 4.40 Å². The van der Waals surface area contributed by atoms with Crippen LogP contribution in [0.2, 0.25) is 0 Å². The van der Waals surface area contributed by atoms with Gasteiger partial charge in [0.25, 0.3) is 10.0 Å². The van der Waals surface area contributed by atoms with Gasteiger partial charge in [-0.15, -0.1) is 0 Å². The molecule has 8 nitrogen and oxygen atoms in total. The number of anilines is 1. The van der Waals surface area contributed by atoms with Gasteiger partial charge in [-0.25, -0.2) is 0 Å². The summed E-state index contributed by atoms with van der Waals surface area (Å²) < 4.78 is 39.8. The van der Waals surface area contributed by atoms with E-state index in [0.717, 1.165) is 0 Å². The highest BCUT2D eigenvalue weighted by atomic mass is 32.2. The predicted molar refractivity (Wildman–Crippen MR) is 88.1 cm³/mol. The van der Waals surface area contributed by atoms with Gasteiger partial charge in [0.05, 0.1) is 19.4 Å². The lowest BCUT2D eigenvalue weighted by atomic mass is 9.95. The Bertz CT molecular complexity index is 729. The fourth-order valence-corrected chi connectivity index (χ4v) is 3.68. The summed E-state index contributed by atoms with van der Waals surface area (Å²) in [4.78, 5) is 4.29. The van der Waals surface area contributed by atoms with E-state index in [1.54, 1.807) is 6.07 Å². The first-order chi connectivity index (χ1) is 11.4. The molecule has 24 heavy (non-hydrogen) atoms. The molecule has 0 aromatic carbocycles. The number of aliphatic hydroxyl groups is 1. The minimum Gasteiger partial charge on any atom is -0.464 e. The Morgan fingerprint density at radius 3 is 2.83 bits per heavy atom. The molecule has 1 aromatic heterocycles. The van der Waals surface area contributed by atoms with E-state index < -0.39 is 15.6 Å². The van der Waals surface area contributed by atoms with E-state index in [1.165, 1.54) is 12.3 Å². The minimum atomic E-state index is -3.84. The second-order valence-corrected chi connectivity index (χ2v) is 7.65. The molecule has 3 heterocycles. The van der Waals surface area contributed by atoms with Crippen molar-refractivity contribution in [2.75, 3.05) is 25.1 Å². The molecule has 2 N–H and O–H groups in total. The molecular formula is C15H21N3O5S. The van der Waals surface area contributed by atoms with Gasteiger partial charge in [-0.1, -0.05) is 0 Å². The number of fused-ring (bicyclic) bond motifs is 1. The third-order valence-electron chi connectivity index (χ3n) is 4.13. The van der Waals surface area contributed by atoms with Crippen molar-refractivity contribution in [3.63, 3.8) is 0 Å². The molecule has 0 unspecified atom stereocenters. The number of pyridine rings is 1. The highest BCUT2D eigenvalue weighted by molar-refractivity contribution is 7.90. The smallest absolute Gasteiger partial charge is 0.287 e. The van der Waals surface area contributed by atoms with Crippen LogP contribution in [-0.2, 0) is 14.8 Å². The lowest BCUT2D eigenvalue weighted by Gasteiger charge is -2.32. The predicted octanol–water partition coefficient (Wildman–Crippen LogP) is 0.966. The highest BCUT2D eigenvalue weighted by Crippen LogP contribution is 2.34. The summed E-state index contributed by atoms with van der Waals surface area (Å²) >= 11 is 0. The molecule has 132 valence electrons. The average molecular weight is 355 g/mol. The third kappa shape index (κ3) is 3.52. The molecule has 3 rings (SSSR count). The van der Waals surface area contributed by atoms with Gasteiger partial charge in [-0.3, -0.25) is 0 Å². The largest absolute Gasteiger partial charge is 0.464 e. The zero-order chi connectivity index (χ0) is 17.2. The maximum absolute atomic E-state index is 12.4. The van der Waals surface area contributed by atoms with Crippen LogP contribution >= 0.6 is 0 Å². The Kier molecular flexibility index (Phi) is 4.75. The maximum atomic E-state index is 12.4. The molecule has 1 aromatic rings. The van der Waals surface area contributed by atoms with Gasteiger partial charge in [0.15, 0.2) is 10.5 Å². The summed E-state index contributed by atoms with van der Waals surface area (Å²) in [5.74, 6) is 0.546. The summed E-state index contributed by atoms with van der Waals surface area (Å²) in [6.07, 6.45) is 2.97. The van der Waals surface area contributed by atoms with E-state index in [2.05, 4.69) is 14.7 Å². The normalized spacial score (nSPS) is 22.2. The van der Waals surface area contributed by atoms with Crippen LogP contribution in [0.25, 0.3) is 0 Å². The highest BCUT2D eigenvalue weighted by Gasteiger charge is 2.39. The summed E-state index contributed by atoms with van der Waals surface area (Å²) in [5, 5.41) is 12.1. The summed E-state index contributed by atoms with van der Waals surface area (Å²) in [6.45, 7) is 2.92. The standard InChI is InChI=1S/C15H21N3O5S/c1-11(4-7-19)17-13-3-2-12-14(18-13)23-15(5-8-22-9-6-15)10-16-24(12,20)21/h2-3,10-11,19H,4-9H2,1H3,(H,17,18)/t11-/m1/s1. The van der Waals surface area contributed by atoms with Crippen molar-refractivity contribution >= 4 is 22.1 Å². The van der Waals surface area contributed by atoms with Crippen LogP contribution in [-0.4, -0.2) is 56.2 Å². The zero-order valence-corrected chi connectivity index (χ0v) is 14.3. The number of sulfonamides is 1. The molecule has 0 bridgehead atoms. The molecule has 1 fully saturated rings. The summed E-state index contributed by atoms with van der Waals surface area (Å²) in [6, 6.07) is 3.02. The van der Waals surface area contributed by atoms with E-state index in [9.17, 15) is 8.42 Å². The lowest BCUT2D eigenvalue weighted by molar-refractivity contribution is -0.00575. The Morgan fingerprint density at radius 1 is 1.38 bits per heavy atom. The molecule has 2 aliphatic heterocycles. The molecule has 2 aliphatic rings. The van der Waals surface area contributed by atoms with Crippen LogP contribution in [0.3, 0.4) is 0 Å². The van der Waals surface area contributed by atoms with Gasteiger partial charge in [-0.05, 0) is 25.5 Å². The van der Waals surface area contributed by atoms with Crippen molar-refractivity contribution in [3.8, 4) is 5.88 Å². The van der Waals surface area contributed by atoms with E-state index in [1.807, 2.05) is 6.92 Å². The monoisotopic (exact) mass is 355 g/mol. The molecule has 0 amide bonds. The van der Waals surface area contributed by atoms with E-state index in [4.69, 9.17) is 14.6 Å². The Morgan fingerprint density at radius 2 is 2.12 bits per heavy atom. The van der Waals surface area contributed by atoms with Gasteiger partial charge in [-0.2, -0.15) is 17.8 Å². The Balaban J connectivity index is 1.95. The molecule has 1 atom stereocenters. The zero-order valence-electron chi connectivity index (χ0n) is 13.4. The minimum absolute atomic E-state index is 0.00349. The molecule has 9 heteroatoms. The number of hydrogen-bond donors (Lipinski definition) is 2. The maximum Gasteiger partial charge on any atom is 0.287 e.